The number of urea groups is 1. The smallest absolute Gasteiger partial charge is 0.325 e. The van der Waals surface area contributed by atoms with Crippen LogP contribution in [0.25, 0.3) is 6.08 Å². The minimum atomic E-state index is -0.972. The highest BCUT2D eigenvalue weighted by Gasteiger charge is 2.54. The van der Waals surface area contributed by atoms with E-state index in [4.69, 9.17) is 0 Å². The summed E-state index contributed by atoms with van der Waals surface area (Å²) in [6.45, 7) is 8.31. The molecule has 2 heterocycles. The number of nitrogens with zero attached hydrogens (tertiary/aromatic N) is 2. The zero-order valence-electron chi connectivity index (χ0n) is 17.5. The number of rotatable bonds is 6. The average molecular weight is 413 g/mol. The number of carbonyl (C=O) groups excluding carboxylic acids is 3. The fourth-order valence-corrected chi connectivity index (χ4v) is 4.35. The summed E-state index contributed by atoms with van der Waals surface area (Å²) in [5.41, 5.74) is 0.381. The van der Waals surface area contributed by atoms with Crippen LogP contribution in [0.5, 0.6) is 0 Å². The van der Waals surface area contributed by atoms with Gasteiger partial charge >= 0.3 is 6.03 Å². The number of piperidine rings is 1. The van der Waals surface area contributed by atoms with Crippen molar-refractivity contribution in [2.75, 3.05) is 19.6 Å². The van der Waals surface area contributed by atoms with Gasteiger partial charge in [0.1, 0.15) is 5.54 Å². The highest BCUT2D eigenvalue weighted by Crippen LogP contribution is 2.36. The highest BCUT2D eigenvalue weighted by molar-refractivity contribution is 6.07. The van der Waals surface area contributed by atoms with E-state index in [1.165, 1.54) is 15.9 Å². The lowest BCUT2D eigenvalue weighted by atomic mass is 9.75. The second-order valence-corrected chi connectivity index (χ2v) is 8.07. The molecule has 0 bridgehead atoms. The minimum absolute atomic E-state index is 0.112. The van der Waals surface area contributed by atoms with Gasteiger partial charge in [-0.2, -0.15) is 0 Å². The van der Waals surface area contributed by atoms with E-state index in [1.54, 1.807) is 31.2 Å². The van der Waals surface area contributed by atoms with Gasteiger partial charge < -0.3 is 10.2 Å². The summed E-state index contributed by atoms with van der Waals surface area (Å²) in [6.07, 6.45) is 2.74. The molecule has 0 aromatic heterocycles. The second kappa shape index (κ2) is 8.81. The van der Waals surface area contributed by atoms with Crippen molar-refractivity contribution in [1.29, 1.82) is 0 Å². The maximum absolute atomic E-state index is 14.4. The van der Waals surface area contributed by atoms with E-state index >= 15 is 0 Å². The lowest BCUT2D eigenvalue weighted by molar-refractivity contribution is -0.135. The number of halogens is 1. The predicted octanol–water partition coefficient (Wildman–Crippen LogP) is 3.51. The predicted molar refractivity (Wildman–Crippen MR) is 113 cm³/mol. The Morgan fingerprint density at radius 1 is 1.27 bits per heavy atom. The third kappa shape index (κ3) is 4.15. The molecule has 1 aromatic carbocycles. The first-order valence-corrected chi connectivity index (χ1v) is 10.3. The standard InChI is InChI=1S/C23H28FN3O3/c1-4-23(21(29)27(15-16(2)3)22(30)25-23)18-10-12-26(13-11-18)20(28)19(24)14-17-8-6-5-7-9-17/h5-9,14,18H,2,4,10-13,15H2,1,3H3,(H,25,30)/b19-14-. The lowest BCUT2D eigenvalue weighted by Crippen LogP contribution is -2.56. The van der Waals surface area contributed by atoms with E-state index in [9.17, 15) is 18.8 Å². The van der Waals surface area contributed by atoms with Crippen LogP contribution in [0.4, 0.5) is 9.18 Å². The molecule has 3 rings (SSSR count). The van der Waals surface area contributed by atoms with Crippen molar-refractivity contribution in [2.24, 2.45) is 5.92 Å². The van der Waals surface area contributed by atoms with Crippen LogP contribution in [0, 0.1) is 5.92 Å². The van der Waals surface area contributed by atoms with Crippen molar-refractivity contribution in [2.45, 2.75) is 38.6 Å². The summed E-state index contributed by atoms with van der Waals surface area (Å²) < 4.78 is 14.4. The Kier molecular flexibility index (Phi) is 6.39. The number of carbonyl (C=O) groups is 3. The number of hydrogen-bond acceptors (Lipinski definition) is 3. The van der Waals surface area contributed by atoms with Crippen LogP contribution in [-0.4, -0.2) is 52.8 Å². The van der Waals surface area contributed by atoms with E-state index in [1.807, 2.05) is 13.0 Å². The van der Waals surface area contributed by atoms with Gasteiger partial charge in [0.05, 0.1) is 6.54 Å². The first-order chi connectivity index (χ1) is 14.3. The van der Waals surface area contributed by atoms with Gasteiger partial charge in [-0.05, 0) is 43.7 Å². The fraction of sp³-hybridized carbons (Fsp3) is 0.435. The van der Waals surface area contributed by atoms with Crippen LogP contribution in [-0.2, 0) is 9.59 Å². The number of likely N-dealkylation sites (tertiary alicyclic amines) is 1. The summed E-state index contributed by atoms with van der Waals surface area (Å²) in [5.74, 6) is -1.80. The maximum Gasteiger partial charge on any atom is 0.325 e. The van der Waals surface area contributed by atoms with Crippen molar-refractivity contribution in [1.82, 2.24) is 15.1 Å². The molecular weight excluding hydrogens is 385 g/mol. The SMILES string of the molecule is C=C(C)CN1C(=O)NC(CC)(C2CCN(C(=O)/C(F)=C/c3ccccc3)CC2)C1=O. The molecular formula is C23H28FN3O3. The zero-order chi connectivity index (χ0) is 21.9. The molecule has 6 nitrogen and oxygen atoms in total. The van der Waals surface area contributed by atoms with Crippen LogP contribution in [0.2, 0.25) is 0 Å². The summed E-state index contributed by atoms with van der Waals surface area (Å²) in [6, 6.07) is 8.45. The molecule has 2 saturated heterocycles. The number of amides is 4. The topological polar surface area (TPSA) is 69.7 Å². The number of nitrogens with one attached hydrogen (secondary N) is 1. The zero-order valence-corrected chi connectivity index (χ0v) is 17.5. The molecule has 7 heteroatoms. The first-order valence-electron chi connectivity index (χ1n) is 10.3. The Hall–Kier alpha value is -2.96. The Morgan fingerprint density at radius 2 is 1.90 bits per heavy atom. The molecule has 1 aromatic rings. The molecule has 2 aliphatic rings. The molecule has 1 N–H and O–H groups in total. The first kappa shape index (κ1) is 21.7. The molecule has 4 amide bonds. The summed E-state index contributed by atoms with van der Waals surface area (Å²) >= 11 is 0. The molecule has 0 spiro atoms. The molecule has 0 saturated carbocycles. The van der Waals surface area contributed by atoms with E-state index in [-0.39, 0.29) is 18.4 Å². The average Bonchev–Trinajstić information content (AvgIpc) is 2.98. The number of hydrogen-bond donors (Lipinski definition) is 1. The van der Waals surface area contributed by atoms with Crippen molar-refractivity contribution in [3.8, 4) is 0 Å². The molecule has 0 radical (unpaired) electrons. The van der Waals surface area contributed by atoms with Crippen LogP contribution in [0.15, 0.2) is 48.3 Å². The van der Waals surface area contributed by atoms with Crippen molar-refractivity contribution in [3.05, 3.63) is 53.9 Å². The lowest BCUT2D eigenvalue weighted by Gasteiger charge is -2.40. The van der Waals surface area contributed by atoms with E-state index in [0.717, 1.165) is 5.57 Å². The van der Waals surface area contributed by atoms with Gasteiger partial charge in [-0.15, -0.1) is 0 Å². The number of imide groups is 1. The number of benzene rings is 1. The van der Waals surface area contributed by atoms with E-state index < -0.39 is 23.3 Å². The van der Waals surface area contributed by atoms with Crippen LogP contribution < -0.4 is 5.32 Å². The van der Waals surface area contributed by atoms with Crippen LogP contribution in [0.1, 0.15) is 38.7 Å². The third-order valence-corrected chi connectivity index (χ3v) is 5.96. The highest BCUT2D eigenvalue weighted by atomic mass is 19.1. The normalized spacial score (nSPS) is 23.0. The molecule has 160 valence electrons. The Morgan fingerprint density at radius 3 is 2.47 bits per heavy atom. The van der Waals surface area contributed by atoms with Crippen LogP contribution >= 0.6 is 0 Å². The van der Waals surface area contributed by atoms with Gasteiger partial charge in [-0.1, -0.05) is 49.4 Å². The quantitative estimate of drug-likeness (QED) is 0.441. The van der Waals surface area contributed by atoms with Gasteiger partial charge in [0.2, 0.25) is 0 Å². The summed E-state index contributed by atoms with van der Waals surface area (Å²) in [5, 5.41) is 2.90. The molecule has 0 aliphatic carbocycles. The van der Waals surface area contributed by atoms with Gasteiger partial charge in [-0.25, -0.2) is 9.18 Å². The largest absolute Gasteiger partial charge is 0.337 e. The summed E-state index contributed by atoms with van der Waals surface area (Å²) in [7, 11) is 0. The van der Waals surface area contributed by atoms with Gasteiger partial charge in [0.15, 0.2) is 5.83 Å². The maximum atomic E-state index is 14.4. The Bertz CT molecular complexity index is 875. The second-order valence-electron chi connectivity index (χ2n) is 8.07. The monoisotopic (exact) mass is 413 g/mol. The molecule has 30 heavy (non-hydrogen) atoms. The summed E-state index contributed by atoms with van der Waals surface area (Å²) in [4.78, 5) is 40.7. The molecule has 2 aliphatic heterocycles. The van der Waals surface area contributed by atoms with Crippen LogP contribution in [0.3, 0.4) is 0 Å². The molecule has 1 unspecified atom stereocenters. The molecule has 1 atom stereocenters. The van der Waals surface area contributed by atoms with E-state index in [2.05, 4.69) is 11.9 Å². The van der Waals surface area contributed by atoms with Crippen molar-refractivity contribution < 1.29 is 18.8 Å². The van der Waals surface area contributed by atoms with Crippen molar-refractivity contribution >= 4 is 23.9 Å². The van der Waals surface area contributed by atoms with Gasteiger partial charge in [0.25, 0.3) is 11.8 Å². The van der Waals surface area contributed by atoms with E-state index in [0.29, 0.717) is 37.9 Å². The fourth-order valence-electron chi connectivity index (χ4n) is 4.35. The Labute approximate surface area is 176 Å². The third-order valence-electron chi connectivity index (χ3n) is 5.96. The minimum Gasteiger partial charge on any atom is -0.337 e. The van der Waals surface area contributed by atoms with Gasteiger partial charge in [0, 0.05) is 13.1 Å². The molecule has 2 fully saturated rings. The Balaban J connectivity index is 1.67. The van der Waals surface area contributed by atoms with Gasteiger partial charge in [-0.3, -0.25) is 14.5 Å². The van der Waals surface area contributed by atoms with Crippen molar-refractivity contribution in [3.63, 3.8) is 0 Å².